The Kier molecular flexibility index (Phi) is 6.17. The van der Waals surface area contributed by atoms with Gasteiger partial charge < -0.3 is 14.8 Å². The van der Waals surface area contributed by atoms with Crippen LogP contribution in [0.1, 0.15) is 25.2 Å². The highest BCUT2D eigenvalue weighted by Gasteiger charge is 2.09. The lowest BCUT2D eigenvalue weighted by molar-refractivity contribution is -0.137. The van der Waals surface area contributed by atoms with Gasteiger partial charge in [-0.25, -0.2) is 4.98 Å². The first kappa shape index (κ1) is 17.0. The lowest BCUT2D eigenvalue weighted by Crippen LogP contribution is -2.25. The molecule has 1 heterocycles. The van der Waals surface area contributed by atoms with E-state index < -0.39 is 5.97 Å². The van der Waals surface area contributed by atoms with Crippen LogP contribution in [0.4, 0.5) is 0 Å². The average molecular weight is 337 g/mol. The molecule has 0 saturated carbocycles. The normalized spacial score (nSPS) is 10.5. The van der Waals surface area contributed by atoms with Gasteiger partial charge >= 0.3 is 5.97 Å². The van der Waals surface area contributed by atoms with E-state index in [9.17, 15) is 9.59 Å². The molecule has 0 aliphatic heterocycles. The summed E-state index contributed by atoms with van der Waals surface area (Å²) >= 11 is 5.84. The summed E-state index contributed by atoms with van der Waals surface area (Å²) in [5.41, 5.74) is 0.867. The number of carbonyl (C=O) groups is 2. The summed E-state index contributed by atoms with van der Waals surface area (Å²) in [5.74, 6) is 0.0876. The molecule has 1 amide bonds. The number of halogens is 1. The van der Waals surface area contributed by atoms with Gasteiger partial charge in [0.25, 0.3) is 0 Å². The Bertz CT molecular complexity index is 667. The Balaban J connectivity index is 1.77. The first-order valence-electron chi connectivity index (χ1n) is 7.24. The molecule has 0 aliphatic rings. The van der Waals surface area contributed by atoms with Crippen LogP contribution in [0.15, 0.2) is 34.9 Å². The maximum atomic E-state index is 11.6. The SMILES string of the molecule is O=C(O)CCCNC(=O)CCc1ncc(-c2ccc(Cl)cc2)o1. The molecule has 2 aromatic rings. The minimum atomic E-state index is -0.867. The third-order valence-corrected chi connectivity index (χ3v) is 3.39. The molecular formula is C16H17ClN2O4. The van der Waals surface area contributed by atoms with Crippen molar-refractivity contribution < 1.29 is 19.1 Å². The van der Waals surface area contributed by atoms with E-state index in [4.69, 9.17) is 21.1 Å². The number of carboxylic acids is 1. The number of rotatable bonds is 8. The quantitative estimate of drug-likeness (QED) is 0.723. The molecule has 2 N–H and O–H groups in total. The van der Waals surface area contributed by atoms with Crippen LogP contribution in [-0.4, -0.2) is 28.5 Å². The van der Waals surface area contributed by atoms with E-state index in [1.54, 1.807) is 18.3 Å². The number of aliphatic carboxylic acids is 1. The summed E-state index contributed by atoms with van der Waals surface area (Å²) in [6.07, 6.45) is 2.71. The Morgan fingerprint density at radius 1 is 1.22 bits per heavy atom. The van der Waals surface area contributed by atoms with Crippen molar-refractivity contribution in [3.05, 3.63) is 41.4 Å². The zero-order chi connectivity index (χ0) is 16.7. The summed E-state index contributed by atoms with van der Waals surface area (Å²) in [7, 11) is 0. The van der Waals surface area contributed by atoms with Gasteiger partial charge in [-0.05, 0) is 30.7 Å². The van der Waals surface area contributed by atoms with Crippen molar-refractivity contribution in [3.8, 4) is 11.3 Å². The molecule has 0 atom stereocenters. The highest BCUT2D eigenvalue weighted by Crippen LogP contribution is 2.22. The fourth-order valence-corrected chi connectivity index (χ4v) is 2.08. The zero-order valence-corrected chi connectivity index (χ0v) is 13.2. The number of amides is 1. The predicted molar refractivity (Wildman–Crippen MR) is 85.1 cm³/mol. The zero-order valence-electron chi connectivity index (χ0n) is 12.4. The van der Waals surface area contributed by atoms with Crippen LogP contribution in [0.25, 0.3) is 11.3 Å². The number of nitrogens with one attached hydrogen (secondary N) is 1. The molecule has 0 unspecified atom stereocenters. The topological polar surface area (TPSA) is 92.4 Å². The van der Waals surface area contributed by atoms with Gasteiger partial charge in [0.15, 0.2) is 11.7 Å². The molecule has 7 heteroatoms. The standard InChI is InChI=1S/C16H17ClN2O4/c17-12-5-3-11(4-6-12)13-10-19-15(23-13)8-7-14(20)18-9-1-2-16(21)22/h3-6,10H,1-2,7-9H2,(H,18,20)(H,21,22). The van der Waals surface area contributed by atoms with Crippen LogP contribution < -0.4 is 5.32 Å². The van der Waals surface area contributed by atoms with Crippen LogP contribution in [0.2, 0.25) is 5.02 Å². The molecule has 0 saturated heterocycles. The number of aryl methyl sites for hydroxylation is 1. The number of oxazole rings is 1. The Labute approximate surface area is 138 Å². The van der Waals surface area contributed by atoms with Crippen LogP contribution in [0.3, 0.4) is 0 Å². The molecule has 122 valence electrons. The van der Waals surface area contributed by atoms with E-state index in [-0.39, 0.29) is 18.7 Å². The first-order chi connectivity index (χ1) is 11.0. The second-order valence-corrected chi connectivity index (χ2v) is 5.41. The van der Waals surface area contributed by atoms with Gasteiger partial charge in [0.05, 0.1) is 6.20 Å². The minimum Gasteiger partial charge on any atom is -0.481 e. The smallest absolute Gasteiger partial charge is 0.303 e. The van der Waals surface area contributed by atoms with Crippen molar-refractivity contribution in [2.24, 2.45) is 0 Å². The van der Waals surface area contributed by atoms with Crippen LogP contribution in [0, 0.1) is 0 Å². The molecule has 6 nitrogen and oxygen atoms in total. The molecule has 1 aromatic carbocycles. The Hall–Kier alpha value is -2.34. The largest absolute Gasteiger partial charge is 0.481 e. The third-order valence-electron chi connectivity index (χ3n) is 3.14. The average Bonchev–Trinajstić information content (AvgIpc) is 2.99. The van der Waals surface area contributed by atoms with Crippen LogP contribution >= 0.6 is 11.6 Å². The van der Waals surface area contributed by atoms with Crippen molar-refractivity contribution in [2.45, 2.75) is 25.7 Å². The molecule has 0 aliphatic carbocycles. The predicted octanol–water partition coefficient (Wildman–Crippen LogP) is 2.91. The summed E-state index contributed by atoms with van der Waals surface area (Å²) in [4.78, 5) is 26.1. The maximum absolute atomic E-state index is 11.6. The van der Waals surface area contributed by atoms with Gasteiger partial charge in [-0.3, -0.25) is 9.59 Å². The fourth-order valence-electron chi connectivity index (χ4n) is 1.95. The van der Waals surface area contributed by atoms with E-state index in [0.29, 0.717) is 36.1 Å². The lowest BCUT2D eigenvalue weighted by Gasteiger charge is -2.02. The highest BCUT2D eigenvalue weighted by molar-refractivity contribution is 6.30. The van der Waals surface area contributed by atoms with E-state index >= 15 is 0 Å². The molecule has 1 aromatic heterocycles. The van der Waals surface area contributed by atoms with Gasteiger partial charge in [-0.1, -0.05) is 11.6 Å². The van der Waals surface area contributed by atoms with Crippen molar-refractivity contribution in [1.29, 1.82) is 0 Å². The van der Waals surface area contributed by atoms with Crippen LogP contribution in [-0.2, 0) is 16.0 Å². The first-order valence-corrected chi connectivity index (χ1v) is 7.61. The Morgan fingerprint density at radius 3 is 2.65 bits per heavy atom. The van der Waals surface area contributed by atoms with Gasteiger partial charge in [0.1, 0.15) is 0 Å². The van der Waals surface area contributed by atoms with E-state index in [1.807, 2.05) is 12.1 Å². The monoisotopic (exact) mass is 336 g/mol. The fraction of sp³-hybridized carbons (Fsp3) is 0.312. The number of carbonyl (C=O) groups excluding carboxylic acids is 1. The van der Waals surface area contributed by atoms with Crippen molar-refractivity contribution in [3.63, 3.8) is 0 Å². The van der Waals surface area contributed by atoms with Crippen molar-refractivity contribution in [1.82, 2.24) is 10.3 Å². The van der Waals surface area contributed by atoms with Gasteiger partial charge in [0, 0.05) is 36.4 Å². The lowest BCUT2D eigenvalue weighted by atomic mass is 10.2. The minimum absolute atomic E-state index is 0.0461. The molecule has 23 heavy (non-hydrogen) atoms. The van der Waals surface area contributed by atoms with Gasteiger partial charge in [-0.2, -0.15) is 0 Å². The molecule has 0 spiro atoms. The summed E-state index contributed by atoms with van der Waals surface area (Å²) in [6, 6.07) is 7.21. The number of aromatic nitrogens is 1. The van der Waals surface area contributed by atoms with E-state index in [1.165, 1.54) is 0 Å². The summed E-state index contributed by atoms with van der Waals surface area (Å²) < 4.78 is 5.61. The molecule has 0 radical (unpaired) electrons. The number of carboxylic acid groups (broad SMARTS) is 1. The second-order valence-electron chi connectivity index (χ2n) is 4.97. The summed E-state index contributed by atoms with van der Waals surface area (Å²) in [6.45, 7) is 0.354. The van der Waals surface area contributed by atoms with Gasteiger partial charge in [0.2, 0.25) is 5.91 Å². The van der Waals surface area contributed by atoms with E-state index in [0.717, 1.165) is 5.56 Å². The summed E-state index contributed by atoms with van der Waals surface area (Å²) in [5, 5.41) is 11.8. The van der Waals surface area contributed by atoms with E-state index in [2.05, 4.69) is 10.3 Å². The second kappa shape index (κ2) is 8.33. The van der Waals surface area contributed by atoms with Gasteiger partial charge in [-0.15, -0.1) is 0 Å². The molecule has 0 bridgehead atoms. The molecular weight excluding hydrogens is 320 g/mol. The molecule has 0 fully saturated rings. The van der Waals surface area contributed by atoms with Crippen molar-refractivity contribution >= 4 is 23.5 Å². The number of hydrogen-bond donors (Lipinski definition) is 2. The third kappa shape index (κ3) is 5.75. The highest BCUT2D eigenvalue weighted by atomic mass is 35.5. The number of benzene rings is 1. The maximum Gasteiger partial charge on any atom is 0.303 e. The van der Waals surface area contributed by atoms with Crippen LogP contribution in [0.5, 0.6) is 0 Å². The number of nitrogens with zero attached hydrogens (tertiary/aromatic N) is 1. The Morgan fingerprint density at radius 2 is 1.96 bits per heavy atom. The van der Waals surface area contributed by atoms with Crippen molar-refractivity contribution in [2.75, 3.05) is 6.54 Å². The number of hydrogen-bond acceptors (Lipinski definition) is 4. The molecule has 2 rings (SSSR count).